The number of carbonyl (C=O) groups is 1. The molecule has 0 atom stereocenters. The van der Waals surface area contributed by atoms with Crippen LogP contribution in [0.25, 0.3) is 0 Å². The molecule has 0 aliphatic carbocycles. The van der Waals surface area contributed by atoms with Crippen molar-refractivity contribution in [1.82, 2.24) is 0 Å². The molecular formula is C15H16N2OS. The fourth-order valence-electron chi connectivity index (χ4n) is 1.81. The number of nitrogens with two attached hydrogens (primary N) is 2. The summed E-state index contributed by atoms with van der Waals surface area (Å²) in [5, 5.41) is 0. The van der Waals surface area contributed by atoms with Gasteiger partial charge in [-0.15, -0.1) is 11.8 Å². The maximum absolute atomic E-state index is 11.1. The first-order chi connectivity index (χ1) is 9.06. The highest BCUT2D eigenvalue weighted by Gasteiger charge is 2.04. The standard InChI is InChI=1S/C15H16N2OS/c1-10-7-13(16)5-6-14(10)19-9-11-3-2-4-12(8-11)15(17)18/h2-8H,9,16H2,1H3,(H2,17,18). The molecule has 4 N–H and O–H groups in total. The quantitative estimate of drug-likeness (QED) is 0.664. The van der Waals surface area contributed by atoms with Crippen molar-refractivity contribution in [3.05, 3.63) is 59.2 Å². The van der Waals surface area contributed by atoms with Crippen LogP contribution >= 0.6 is 11.8 Å². The van der Waals surface area contributed by atoms with E-state index in [2.05, 4.69) is 0 Å². The van der Waals surface area contributed by atoms with Gasteiger partial charge in [0.25, 0.3) is 0 Å². The summed E-state index contributed by atoms with van der Waals surface area (Å²) >= 11 is 1.72. The summed E-state index contributed by atoms with van der Waals surface area (Å²) in [5.74, 6) is 0.404. The van der Waals surface area contributed by atoms with E-state index in [-0.39, 0.29) is 0 Å². The molecule has 3 nitrogen and oxygen atoms in total. The molecule has 0 bridgehead atoms. The van der Waals surface area contributed by atoms with Crippen molar-refractivity contribution >= 4 is 23.4 Å². The van der Waals surface area contributed by atoms with E-state index < -0.39 is 5.91 Å². The number of primary amides is 1. The summed E-state index contributed by atoms with van der Waals surface area (Å²) < 4.78 is 0. The molecule has 0 heterocycles. The summed E-state index contributed by atoms with van der Waals surface area (Å²) in [4.78, 5) is 12.3. The molecule has 1 amide bonds. The molecule has 0 radical (unpaired) electrons. The Labute approximate surface area is 117 Å². The van der Waals surface area contributed by atoms with E-state index in [0.717, 1.165) is 22.6 Å². The van der Waals surface area contributed by atoms with Gasteiger partial charge in [-0.25, -0.2) is 0 Å². The van der Waals surface area contributed by atoms with Crippen molar-refractivity contribution in [1.29, 1.82) is 0 Å². The molecule has 2 aromatic carbocycles. The van der Waals surface area contributed by atoms with Crippen molar-refractivity contribution < 1.29 is 4.79 Å². The highest BCUT2D eigenvalue weighted by molar-refractivity contribution is 7.98. The molecule has 0 saturated carbocycles. The van der Waals surface area contributed by atoms with Gasteiger partial charge in [0.05, 0.1) is 0 Å². The van der Waals surface area contributed by atoms with Crippen LogP contribution in [0, 0.1) is 6.92 Å². The first-order valence-electron chi connectivity index (χ1n) is 5.94. The van der Waals surface area contributed by atoms with Gasteiger partial charge < -0.3 is 11.5 Å². The van der Waals surface area contributed by atoms with Gasteiger partial charge in [-0.3, -0.25) is 4.79 Å². The Morgan fingerprint density at radius 1 is 1.21 bits per heavy atom. The molecule has 0 aromatic heterocycles. The minimum absolute atomic E-state index is 0.393. The van der Waals surface area contributed by atoms with E-state index in [1.54, 1.807) is 17.8 Å². The molecule has 0 aliphatic rings. The van der Waals surface area contributed by atoms with Crippen molar-refractivity contribution in [3.8, 4) is 0 Å². The number of aryl methyl sites for hydroxylation is 1. The van der Waals surface area contributed by atoms with Gasteiger partial charge in [-0.1, -0.05) is 12.1 Å². The van der Waals surface area contributed by atoms with Crippen molar-refractivity contribution in [3.63, 3.8) is 0 Å². The molecule has 0 saturated heterocycles. The number of thioether (sulfide) groups is 1. The van der Waals surface area contributed by atoms with E-state index in [0.29, 0.717) is 5.56 Å². The molecule has 0 spiro atoms. The van der Waals surface area contributed by atoms with Crippen LogP contribution in [0.5, 0.6) is 0 Å². The van der Waals surface area contributed by atoms with Gasteiger partial charge in [0.2, 0.25) is 5.91 Å². The lowest BCUT2D eigenvalue weighted by atomic mass is 10.1. The molecule has 0 fully saturated rings. The van der Waals surface area contributed by atoms with Gasteiger partial charge in [-0.05, 0) is 48.4 Å². The largest absolute Gasteiger partial charge is 0.399 e. The van der Waals surface area contributed by atoms with Crippen LogP contribution in [0.1, 0.15) is 21.5 Å². The Morgan fingerprint density at radius 3 is 2.68 bits per heavy atom. The minimum Gasteiger partial charge on any atom is -0.399 e. The molecule has 4 heteroatoms. The van der Waals surface area contributed by atoms with E-state index in [1.165, 1.54) is 4.90 Å². The van der Waals surface area contributed by atoms with Crippen LogP contribution in [0.3, 0.4) is 0 Å². The third-order valence-corrected chi connectivity index (χ3v) is 4.05. The lowest BCUT2D eigenvalue weighted by Crippen LogP contribution is -2.10. The van der Waals surface area contributed by atoms with Crippen molar-refractivity contribution in [2.45, 2.75) is 17.6 Å². The summed E-state index contributed by atoms with van der Waals surface area (Å²) in [6.07, 6.45) is 0. The van der Waals surface area contributed by atoms with Gasteiger partial charge in [0.15, 0.2) is 0 Å². The molecule has 98 valence electrons. The van der Waals surface area contributed by atoms with E-state index in [1.807, 2.05) is 43.3 Å². The Kier molecular flexibility index (Phi) is 4.12. The minimum atomic E-state index is -0.393. The summed E-state index contributed by atoms with van der Waals surface area (Å²) in [7, 11) is 0. The highest BCUT2D eigenvalue weighted by Crippen LogP contribution is 2.27. The van der Waals surface area contributed by atoms with E-state index >= 15 is 0 Å². The third kappa shape index (κ3) is 3.51. The molecule has 0 aliphatic heterocycles. The van der Waals surface area contributed by atoms with Gasteiger partial charge >= 0.3 is 0 Å². The Hall–Kier alpha value is -1.94. The van der Waals surface area contributed by atoms with E-state index in [4.69, 9.17) is 11.5 Å². The number of carbonyl (C=O) groups excluding carboxylic acids is 1. The Morgan fingerprint density at radius 2 is 2.00 bits per heavy atom. The SMILES string of the molecule is Cc1cc(N)ccc1SCc1cccc(C(N)=O)c1. The van der Waals surface area contributed by atoms with Crippen LogP contribution in [0.2, 0.25) is 0 Å². The van der Waals surface area contributed by atoms with Crippen LogP contribution in [-0.2, 0) is 5.75 Å². The van der Waals surface area contributed by atoms with Crippen molar-refractivity contribution in [2.75, 3.05) is 5.73 Å². The predicted molar refractivity (Wildman–Crippen MR) is 80.1 cm³/mol. The molecule has 0 unspecified atom stereocenters. The number of anilines is 1. The maximum Gasteiger partial charge on any atom is 0.248 e. The maximum atomic E-state index is 11.1. The molecule has 19 heavy (non-hydrogen) atoms. The summed E-state index contributed by atoms with van der Waals surface area (Å²) in [5.41, 5.74) is 14.6. The van der Waals surface area contributed by atoms with Crippen molar-refractivity contribution in [2.24, 2.45) is 5.73 Å². The fraction of sp³-hybridized carbons (Fsp3) is 0.133. The average molecular weight is 272 g/mol. The van der Waals surface area contributed by atoms with E-state index in [9.17, 15) is 4.79 Å². The Balaban J connectivity index is 2.10. The second-order valence-corrected chi connectivity index (χ2v) is 5.40. The normalized spacial score (nSPS) is 10.4. The Bertz CT molecular complexity index is 611. The zero-order chi connectivity index (χ0) is 13.8. The number of nitrogen functional groups attached to an aromatic ring is 1. The number of benzene rings is 2. The smallest absolute Gasteiger partial charge is 0.248 e. The van der Waals surface area contributed by atoms with Gasteiger partial charge in [-0.2, -0.15) is 0 Å². The molecule has 2 aromatic rings. The molecular weight excluding hydrogens is 256 g/mol. The zero-order valence-corrected chi connectivity index (χ0v) is 11.5. The zero-order valence-electron chi connectivity index (χ0n) is 10.7. The summed E-state index contributed by atoms with van der Waals surface area (Å²) in [6.45, 7) is 2.04. The van der Waals surface area contributed by atoms with Gasteiger partial charge in [0.1, 0.15) is 0 Å². The van der Waals surface area contributed by atoms with Crippen LogP contribution in [0.4, 0.5) is 5.69 Å². The fourth-order valence-corrected chi connectivity index (χ4v) is 2.76. The second-order valence-electron chi connectivity index (χ2n) is 4.38. The lowest BCUT2D eigenvalue weighted by molar-refractivity contribution is 0.1000. The number of hydrogen-bond donors (Lipinski definition) is 2. The topological polar surface area (TPSA) is 69.1 Å². The number of amides is 1. The third-order valence-electron chi connectivity index (χ3n) is 2.80. The number of rotatable bonds is 4. The lowest BCUT2D eigenvalue weighted by Gasteiger charge is -2.07. The van der Waals surface area contributed by atoms with Gasteiger partial charge in [0, 0.05) is 21.9 Å². The average Bonchev–Trinajstić information content (AvgIpc) is 2.38. The van der Waals surface area contributed by atoms with Crippen LogP contribution < -0.4 is 11.5 Å². The molecule has 2 rings (SSSR count). The first-order valence-corrected chi connectivity index (χ1v) is 6.92. The van der Waals surface area contributed by atoms with Crippen LogP contribution in [0.15, 0.2) is 47.4 Å². The summed E-state index contributed by atoms with van der Waals surface area (Å²) in [6, 6.07) is 13.3. The predicted octanol–water partition coefficient (Wildman–Crippen LogP) is 2.97. The highest BCUT2D eigenvalue weighted by atomic mass is 32.2. The number of hydrogen-bond acceptors (Lipinski definition) is 3. The monoisotopic (exact) mass is 272 g/mol. The van der Waals surface area contributed by atoms with Crippen LogP contribution in [-0.4, -0.2) is 5.91 Å². The second kappa shape index (κ2) is 5.80. The first kappa shape index (κ1) is 13.5.